The minimum Gasteiger partial charge on any atom is -0.465 e. The lowest BCUT2D eigenvalue weighted by molar-refractivity contribution is -0.113. The summed E-state index contributed by atoms with van der Waals surface area (Å²) < 4.78 is 10.7. The summed E-state index contributed by atoms with van der Waals surface area (Å²) in [5, 5.41) is 0.565. The Labute approximate surface area is 149 Å². The van der Waals surface area contributed by atoms with Crippen LogP contribution in [0.15, 0.2) is 57.8 Å². The number of carbonyl (C=O) groups is 1. The molecule has 0 spiro atoms. The third-order valence-corrected chi connectivity index (χ3v) is 4.26. The summed E-state index contributed by atoms with van der Waals surface area (Å²) in [6.07, 6.45) is 3.21. The lowest BCUT2D eigenvalue weighted by Gasteiger charge is -2.32. The minimum atomic E-state index is -0.208. The van der Waals surface area contributed by atoms with E-state index in [9.17, 15) is 4.79 Å². The Morgan fingerprint density at radius 2 is 2.00 bits per heavy atom. The Bertz CT molecular complexity index is 839. The summed E-state index contributed by atoms with van der Waals surface area (Å²) in [5.41, 5.74) is 1.02. The van der Waals surface area contributed by atoms with Crippen LogP contribution in [0.25, 0.3) is 6.08 Å². The Kier molecular flexibility index (Phi) is 4.29. The Balaban J connectivity index is 1.75. The molecule has 0 aliphatic carbocycles. The fourth-order valence-corrected chi connectivity index (χ4v) is 3.02. The predicted molar refractivity (Wildman–Crippen MR) is 95.5 cm³/mol. The molecule has 25 heavy (non-hydrogen) atoms. The second-order valence-corrected chi connectivity index (χ2v) is 6.11. The Hall–Kier alpha value is -2.57. The summed E-state index contributed by atoms with van der Waals surface area (Å²) in [4.78, 5) is 21.2. The van der Waals surface area contributed by atoms with Crippen LogP contribution in [-0.4, -0.2) is 43.1 Å². The summed E-state index contributed by atoms with van der Waals surface area (Å²) >= 11 is 6.11. The Morgan fingerprint density at radius 1 is 1.16 bits per heavy atom. The van der Waals surface area contributed by atoms with Gasteiger partial charge in [-0.25, -0.2) is 9.89 Å². The van der Waals surface area contributed by atoms with Gasteiger partial charge in [0, 0.05) is 24.2 Å². The van der Waals surface area contributed by atoms with Crippen LogP contribution < -0.4 is 4.90 Å². The number of nitrogens with zero attached hydrogens (tertiary/aromatic N) is 3. The molecule has 4 rings (SSSR count). The van der Waals surface area contributed by atoms with Gasteiger partial charge in [-0.1, -0.05) is 17.7 Å². The highest BCUT2D eigenvalue weighted by Gasteiger charge is 2.35. The van der Waals surface area contributed by atoms with Crippen molar-refractivity contribution in [1.29, 1.82) is 0 Å². The zero-order valence-corrected chi connectivity index (χ0v) is 14.1. The molecule has 1 fully saturated rings. The topological polar surface area (TPSA) is 58.3 Å². The first-order valence-electron chi connectivity index (χ1n) is 7.99. The maximum Gasteiger partial charge on any atom is 0.284 e. The van der Waals surface area contributed by atoms with Gasteiger partial charge in [0.05, 0.1) is 25.2 Å². The number of hydrogen-bond donors (Lipinski definition) is 0. The van der Waals surface area contributed by atoms with Crippen molar-refractivity contribution in [3.05, 3.63) is 59.1 Å². The number of ether oxygens (including phenoxy) is 1. The molecule has 6 nitrogen and oxygen atoms in total. The van der Waals surface area contributed by atoms with Crippen LogP contribution in [0.5, 0.6) is 0 Å². The zero-order chi connectivity index (χ0) is 17.2. The second-order valence-electron chi connectivity index (χ2n) is 5.68. The van der Waals surface area contributed by atoms with E-state index in [1.807, 2.05) is 17.0 Å². The molecule has 1 amide bonds. The van der Waals surface area contributed by atoms with Gasteiger partial charge < -0.3 is 14.1 Å². The van der Waals surface area contributed by atoms with E-state index in [1.54, 1.807) is 41.5 Å². The third-order valence-electron chi connectivity index (χ3n) is 4.03. The van der Waals surface area contributed by atoms with Crippen LogP contribution in [0.4, 0.5) is 5.69 Å². The molecule has 0 radical (unpaired) electrons. The first-order valence-corrected chi connectivity index (χ1v) is 8.37. The van der Waals surface area contributed by atoms with E-state index in [-0.39, 0.29) is 5.91 Å². The van der Waals surface area contributed by atoms with Gasteiger partial charge in [0.25, 0.3) is 5.91 Å². The average molecular weight is 358 g/mol. The van der Waals surface area contributed by atoms with Gasteiger partial charge in [-0.2, -0.15) is 0 Å². The number of aliphatic imine (C=N–C) groups is 1. The van der Waals surface area contributed by atoms with Gasteiger partial charge in [-0.3, -0.25) is 4.79 Å². The van der Waals surface area contributed by atoms with Crippen molar-refractivity contribution in [3.63, 3.8) is 0 Å². The molecule has 7 heteroatoms. The molecule has 0 atom stereocenters. The third kappa shape index (κ3) is 3.18. The molecule has 1 aromatic carbocycles. The number of rotatable bonds is 2. The number of morpholine rings is 1. The van der Waals surface area contributed by atoms with E-state index in [0.717, 1.165) is 0 Å². The van der Waals surface area contributed by atoms with Crippen molar-refractivity contribution >= 4 is 35.2 Å². The molecule has 1 saturated heterocycles. The van der Waals surface area contributed by atoms with Crippen LogP contribution in [0.2, 0.25) is 5.02 Å². The van der Waals surface area contributed by atoms with Crippen LogP contribution in [0.3, 0.4) is 0 Å². The summed E-state index contributed by atoms with van der Waals surface area (Å²) in [5.74, 6) is 0.968. The fraction of sp³-hybridized carbons (Fsp3) is 0.222. The zero-order valence-electron chi connectivity index (χ0n) is 13.4. The summed E-state index contributed by atoms with van der Waals surface area (Å²) in [6, 6.07) is 10.7. The summed E-state index contributed by atoms with van der Waals surface area (Å²) in [6.45, 7) is 2.57. The highest BCUT2D eigenvalue weighted by molar-refractivity contribution is 6.32. The molecule has 0 saturated carbocycles. The lowest BCUT2D eigenvalue weighted by atomic mass is 10.2. The lowest BCUT2D eigenvalue weighted by Crippen LogP contribution is -2.48. The van der Waals surface area contributed by atoms with Crippen molar-refractivity contribution in [3.8, 4) is 0 Å². The fourth-order valence-electron chi connectivity index (χ4n) is 2.84. The molecule has 0 unspecified atom stereocenters. The van der Waals surface area contributed by atoms with Crippen molar-refractivity contribution in [2.45, 2.75) is 0 Å². The number of guanidine groups is 1. The monoisotopic (exact) mass is 357 g/mol. The number of furan rings is 1. The van der Waals surface area contributed by atoms with E-state index < -0.39 is 0 Å². The Morgan fingerprint density at radius 3 is 2.72 bits per heavy atom. The molecule has 1 aromatic heterocycles. The van der Waals surface area contributed by atoms with Gasteiger partial charge in [-0.15, -0.1) is 0 Å². The van der Waals surface area contributed by atoms with Gasteiger partial charge in [0.15, 0.2) is 0 Å². The van der Waals surface area contributed by atoms with Crippen LogP contribution in [0.1, 0.15) is 5.76 Å². The standard InChI is InChI=1S/C18H16ClN3O3/c19-13-3-1-4-14(11-13)22-17(23)16(12-15-5-2-8-25-15)20-18(22)21-6-9-24-10-7-21/h1-5,8,11-12H,6-7,9-10H2. The highest BCUT2D eigenvalue weighted by atomic mass is 35.5. The van der Waals surface area contributed by atoms with Gasteiger partial charge in [0.2, 0.25) is 5.96 Å². The minimum absolute atomic E-state index is 0.208. The highest BCUT2D eigenvalue weighted by Crippen LogP contribution is 2.28. The normalized spacial score (nSPS) is 19.6. The quantitative estimate of drug-likeness (QED) is 0.775. The van der Waals surface area contributed by atoms with E-state index in [4.69, 9.17) is 20.8 Å². The van der Waals surface area contributed by atoms with E-state index in [0.29, 0.717) is 54.4 Å². The van der Waals surface area contributed by atoms with Crippen molar-refractivity contribution < 1.29 is 13.9 Å². The number of halogens is 1. The number of carbonyl (C=O) groups excluding carboxylic acids is 1. The van der Waals surface area contributed by atoms with Gasteiger partial charge in [-0.05, 0) is 30.3 Å². The predicted octanol–water partition coefficient (Wildman–Crippen LogP) is 3.01. The molecule has 2 aliphatic heterocycles. The summed E-state index contributed by atoms with van der Waals surface area (Å²) in [7, 11) is 0. The average Bonchev–Trinajstić information content (AvgIpc) is 3.25. The molecule has 2 aliphatic rings. The van der Waals surface area contributed by atoms with Crippen molar-refractivity contribution in [2.75, 3.05) is 31.2 Å². The van der Waals surface area contributed by atoms with Crippen molar-refractivity contribution in [2.24, 2.45) is 4.99 Å². The molecule has 3 heterocycles. The second kappa shape index (κ2) is 6.74. The molecular formula is C18H16ClN3O3. The smallest absolute Gasteiger partial charge is 0.284 e. The van der Waals surface area contributed by atoms with Crippen LogP contribution in [-0.2, 0) is 9.53 Å². The number of amides is 1. The SMILES string of the molecule is O=C1C(=Cc2ccco2)N=C(N2CCOCC2)N1c1cccc(Cl)c1. The van der Waals surface area contributed by atoms with Gasteiger partial charge >= 0.3 is 0 Å². The maximum atomic E-state index is 13.0. The molecule has 2 aromatic rings. The van der Waals surface area contributed by atoms with Crippen LogP contribution >= 0.6 is 11.6 Å². The van der Waals surface area contributed by atoms with Gasteiger partial charge in [0.1, 0.15) is 11.5 Å². The molecule has 0 bridgehead atoms. The van der Waals surface area contributed by atoms with E-state index in [2.05, 4.69) is 4.99 Å². The largest absolute Gasteiger partial charge is 0.465 e. The first-order chi connectivity index (χ1) is 12.2. The molecule has 0 N–H and O–H groups in total. The first kappa shape index (κ1) is 15.9. The number of benzene rings is 1. The number of anilines is 1. The van der Waals surface area contributed by atoms with Crippen LogP contribution in [0, 0.1) is 0 Å². The van der Waals surface area contributed by atoms with E-state index >= 15 is 0 Å². The molecule has 128 valence electrons. The van der Waals surface area contributed by atoms with Crippen molar-refractivity contribution in [1.82, 2.24) is 4.90 Å². The number of hydrogen-bond acceptors (Lipinski definition) is 5. The maximum absolute atomic E-state index is 13.0. The molecular weight excluding hydrogens is 342 g/mol. The van der Waals surface area contributed by atoms with E-state index in [1.165, 1.54) is 0 Å².